The van der Waals surface area contributed by atoms with Crippen molar-refractivity contribution in [2.75, 3.05) is 44.7 Å². The van der Waals surface area contributed by atoms with Gasteiger partial charge in [-0.25, -0.2) is 19.2 Å². The summed E-state index contributed by atoms with van der Waals surface area (Å²) in [6.45, 7) is 7.68. The second-order valence-corrected chi connectivity index (χ2v) is 33.2. The van der Waals surface area contributed by atoms with Gasteiger partial charge in [0.15, 0.2) is 37.2 Å². The van der Waals surface area contributed by atoms with Gasteiger partial charge >= 0.3 is 53.8 Å². The standard InChI is InChI=1S/C24H25NO7.C17H21NO6.C14H19NO5.2C11H7F3O5S.C9H6O3.C2H4O2.CH4/c1-13-10-15-8-9-16(11-17(15)30-22(13)27)25-19-20(26)21-18(31-24(19)28-2)12-29-23(32-21)14-6-4-3-5-7-14;1-8-4-9-2-3-11(5-10(9)6-12(8)20)18-14-16(22)15(21)13(7-19)24-17(14)23;1-17-14-10(15)11(16)12-9(19-14)7-18-13(20-12)8-5-3-2-4-6-8;2*1-6-4-7-2-3-8(5-9(7)18-10(6)15)19-20(16,17)11(12,13)14;10-7-3-1-6-2-4-9(11)12-8(6)5-7;1-2(3)4;/h3-11,18-21,23-26H,12H2,1-2H3;2-5,13-19,21-23H,6-7H2,1H3;2-6,9-14,16H,7,15H2,1H3;2*2-5H,1H3;1-5,10H;1H3,(H,3,4);1H4/t18?,19?,20-,21-,23?,24+;13?,14?,15-,16-,17?;9?,10?,11-,12-,13?,14+;;;;;/m111...../s1. The molecule has 17 atom stereocenters. The summed E-state index contributed by atoms with van der Waals surface area (Å²) in [5.74, 6) is -1.87. The van der Waals surface area contributed by atoms with Gasteiger partial charge in [-0.2, -0.15) is 43.2 Å². The van der Waals surface area contributed by atoms with Gasteiger partial charge in [-0.3, -0.25) is 9.59 Å². The normalized spacial score (nSPS) is 24.3. The molecule has 0 radical (unpaired) electrons. The number of carbonyl (C=O) groups is 2. The number of alkyl halides is 6. The van der Waals surface area contributed by atoms with E-state index >= 15 is 0 Å². The van der Waals surface area contributed by atoms with Gasteiger partial charge in [-0.1, -0.05) is 74.2 Å². The number of carboxylic acids is 1. The molecule has 36 nitrogen and oxygen atoms in total. The van der Waals surface area contributed by atoms with Crippen LogP contribution in [0.3, 0.4) is 0 Å². The fourth-order valence-corrected chi connectivity index (χ4v) is 14.7. The van der Waals surface area contributed by atoms with E-state index in [9.17, 15) is 92.7 Å². The lowest BCUT2D eigenvalue weighted by atomic mass is 9.91. The monoisotopic (exact) mass is 1910 g/mol. The first-order valence-corrected chi connectivity index (χ1v) is 42.5. The Kier molecular flexibility index (Phi) is 34.4. The summed E-state index contributed by atoms with van der Waals surface area (Å²) < 4.78 is 195. The predicted molar refractivity (Wildman–Crippen MR) is 462 cm³/mol. The Labute approximate surface area is 751 Å². The highest BCUT2D eigenvalue weighted by molar-refractivity contribution is 7.88. The van der Waals surface area contributed by atoms with E-state index in [2.05, 4.69) is 19.0 Å². The number of phenols is 1. The molecule has 11 aromatic rings. The minimum absolute atomic E-state index is 0. The molecule has 9 heterocycles. The number of hydrogen-bond donors (Lipinski definition) is 11. The molecule has 12 N–H and O–H groups in total. The number of rotatable bonds is 13. The number of fused-ring (bicyclic) bond motifs is 7. The van der Waals surface area contributed by atoms with E-state index in [0.717, 1.165) is 64.2 Å². The number of carboxylic acid groups (broad SMARTS) is 1. The van der Waals surface area contributed by atoms with Crippen LogP contribution in [0, 0.1) is 20.8 Å². The summed E-state index contributed by atoms with van der Waals surface area (Å²) in [5.41, 5.74) is 0.142. The smallest absolute Gasteiger partial charge is 0.508 e. The largest absolute Gasteiger partial charge is 0.534 e. The van der Waals surface area contributed by atoms with Crippen LogP contribution in [0.4, 0.5) is 37.7 Å². The van der Waals surface area contributed by atoms with Gasteiger partial charge in [-0.15, -0.1) is 0 Å². The van der Waals surface area contributed by atoms with Crippen LogP contribution < -0.4 is 47.2 Å². The second-order valence-electron chi connectivity index (χ2n) is 30.1. The summed E-state index contributed by atoms with van der Waals surface area (Å²) in [7, 11) is -8.50. The number of allylic oxidation sites excluding steroid dienone is 1. The summed E-state index contributed by atoms with van der Waals surface area (Å²) in [4.78, 5) is 66.0. The maximum atomic E-state index is 12.2. The molecular weight excluding hydrogens is 1820 g/mol. The molecule has 44 heteroatoms. The van der Waals surface area contributed by atoms with Gasteiger partial charge in [0.25, 0.3) is 5.97 Å². The van der Waals surface area contributed by atoms with Gasteiger partial charge in [0, 0.05) is 119 Å². The number of Topliss-reactive ketones (excluding diaryl/α,β-unsaturated/α-hetero) is 1. The SMILES string of the molecule is C.CC(=O)O.CC1=Cc2ccc(NC3C(O)OC(CO)[C@@H](O)[C@@H]3O)cc2CC1=O.CO[C@H]1OC2COC(c3ccccc3)O[C@H]2[C@H](O)C1N.CO[C@H]1OC2COC(c3ccccc3)O[C@H]2[C@H](O)C1Nc1ccc2cc(C)c(=O)oc2c1.Cc1cc2ccc(OS(=O)(=O)C(F)(F)F)cc2oc1=O.Cc1cc2ccc(OS(=O)(=O)C(F)(F)F)cc2oc1=O.O=c1ccc2ccc(O)cc2o1. The first-order valence-electron chi connectivity index (χ1n) is 39.7. The molecule has 0 saturated carbocycles. The summed E-state index contributed by atoms with van der Waals surface area (Å²) in [5, 5.41) is 85.8. The van der Waals surface area contributed by atoms with Crippen LogP contribution in [0.25, 0.3) is 50.0 Å². The third kappa shape index (κ3) is 25.9. The summed E-state index contributed by atoms with van der Waals surface area (Å²) in [6, 6.07) is 46.5. The van der Waals surface area contributed by atoms with E-state index in [-0.39, 0.29) is 48.5 Å². The zero-order valence-electron chi connectivity index (χ0n) is 70.5. The van der Waals surface area contributed by atoms with Crippen LogP contribution in [0.15, 0.2) is 224 Å². The van der Waals surface area contributed by atoms with Crippen molar-refractivity contribution >= 4 is 93.3 Å². The number of nitrogens with one attached hydrogen (secondary N) is 2. The number of nitrogens with two attached hydrogens (primary N) is 1. The van der Waals surface area contributed by atoms with Gasteiger partial charge in [-0.05, 0) is 135 Å². The molecule has 17 rings (SSSR count). The van der Waals surface area contributed by atoms with Crippen LogP contribution in [0.5, 0.6) is 17.2 Å². The molecule has 5 aliphatic heterocycles. The van der Waals surface area contributed by atoms with Crippen molar-refractivity contribution < 1.29 is 162 Å². The molecule has 0 amide bonds. The van der Waals surface area contributed by atoms with Gasteiger partial charge in [0.05, 0.1) is 25.9 Å². The molecule has 4 aromatic heterocycles. The molecule has 133 heavy (non-hydrogen) atoms. The van der Waals surface area contributed by atoms with E-state index in [1.807, 2.05) is 84.9 Å². The van der Waals surface area contributed by atoms with Crippen molar-refractivity contribution in [2.24, 2.45) is 5.73 Å². The van der Waals surface area contributed by atoms with Gasteiger partial charge in [0.1, 0.15) is 107 Å². The highest BCUT2D eigenvalue weighted by Gasteiger charge is 2.53. The highest BCUT2D eigenvalue weighted by Crippen LogP contribution is 2.39. The van der Waals surface area contributed by atoms with E-state index in [0.29, 0.717) is 68.6 Å². The molecule has 1 aliphatic carbocycles. The fraction of sp³-hybridized carbons (Fsp3) is 0.348. The van der Waals surface area contributed by atoms with Crippen LogP contribution >= 0.6 is 0 Å². The van der Waals surface area contributed by atoms with E-state index in [1.54, 1.807) is 56.3 Å². The third-order valence-electron chi connectivity index (χ3n) is 20.5. The molecule has 5 saturated heterocycles. The molecule has 9 unspecified atom stereocenters. The number of ether oxygens (including phenoxy) is 9. The predicted octanol–water partition coefficient (Wildman–Crippen LogP) is 9.20. The third-order valence-corrected chi connectivity index (χ3v) is 22.5. The summed E-state index contributed by atoms with van der Waals surface area (Å²) in [6.07, 6.45) is -9.18. The van der Waals surface area contributed by atoms with E-state index in [4.69, 9.17) is 86.1 Å². The highest BCUT2D eigenvalue weighted by atomic mass is 32.2. The number of aliphatic hydroxyl groups is 6. The summed E-state index contributed by atoms with van der Waals surface area (Å²) >= 11 is 0. The number of aliphatic hydroxyl groups excluding tert-OH is 6. The average molecular weight is 1910 g/mol. The number of methoxy groups -OCH3 is 2. The molecule has 6 aliphatic rings. The van der Waals surface area contributed by atoms with Crippen molar-refractivity contribution in [2.45, 2.75) is 164 Å². The zero-order valence-corrected chi connectivity index (χ0v) is 72.1. The topological polar surface area (TPSA) is 537 Å². The number of ketones is 1. The Hall–Kier alpha value is -11.9. The fourth-order valence-electron chi connectivity index (χ4n) is 13.8. The number of phenolic OH excluding ortho intramolecular Hbond substituents is 1. The first-order chi connectivity index (χ1) is 62.3. The number of aliphatic carboxylic acids is 1. The van der Waals surface area contributed by atoms with E-state index in [1.165, 1.54) is 64.5 Å². The lowest BCUT2D eigenvalue weighted by Crippen LogP contribution is -2.64. The zero-order chi connectivity index (χ0) is 96.2. The number of aryl methyl sites for hydroxylation is 3. The molecule has 0 bridgehead atoms. The minimum atomic E-state index is -5.76. The number of carbonyl (C=O) groups excluding carboxylic acids is 1. The van der Waals surface area contributed by atoms with Crippen molar-refractivity contribution in [1.82, 2.24) is 0 Å². The Morgan fingerprint density at radius 2 is 0.932 bits per heavy atom. The van der Waals surface area contributed by atoms with Crippen LogP contribution in [-0.2, 0) is 78.9 Å². The average Bonchev–Trinajstić information content (AvgIpc) is 0.713. The van der Waals surface area contributed by atoms with Crippen LogP contribution in [-0.4, -0.2) is 206 Å². The molecular formula is C89H93F6N3O33S2. The number of halogens is 6. The van der Waals surface area contributed by atoms with Crippen molar-refractivity contribution in [1.29, 1.82) is 0 Å². The second kappa shape index (κ2) is 44.3. The van der Waals surface area contributed by atoms with Gasteiger partial charge < -0.3 is 126 Å². The Morgan fingerprint density at radius 3 is 1.41 bits per heavy atom. The number of anilines is 2. The van der Waals surface area contributed by atoms with Crippen molar-refractivity contribution in [3.8, 4) is 17.2 Å². The van der Waals surface area contributed by atoms with E-state index < -0.39 is 171 Å². The Morgan fingerprint density at radius 1 is 0.504 bits per heavy atom. The maximum Gasteiger partial charge on any atom is 0.534 e. The van der Waals surface area contributed by atoms with Crippen molar-refractivity contribution in [3.05, 3.63) is 268 Å². The Balaban J connectivity index is 0.000000167. The molecule has 0 spiro atoms. The number of hydrogen-bond acceptors (Lipinski definition) is 35. The quantitative estimate of drug-likeness (QED) is 0.0222. The minimum Gasteiger partial charge on any atom is -0.508 e. The molecule has 5 fully saturated rings. The molecule has 7 aromatic carbocycles. The van der Waals surface area contributed by atoms with Crippen molar-refractivity contribution in [3.63, 3.8) is 0 Å². The lowest BCUT2D eigenvalue weighted by Gasteiger charge is -2.47. The molecule has 716 valence electrons. The lowest BCUT2D eigenvalue weighted by molar-refractivity contribution is -0.339. The van der Waals surface area contributed by atoms with Gasteiger partial charge in [0.2, 0.25) is 0 Å². The van der Waals surface area contributed by atoms with Crippen LogP contribution in [0.2, 0.25) is 0 Å². The Bertz CT molecular complexity index is 6280. The maximum absolute atomic E-state index is 12.2. The van der Waals surface area contributed by atoms with Crippen LogP contribution in [0.1, 0.15) is 72.8 Å². The number of aromatic hydroxyl groups is 1. The first kappa shape index (κ1) is 103. The number of benzene rings is 7.